The molecule has 0 fully saturated rings. The first-order valence-corrected chi connectivity index (χ1v) is 12.6. The number of rotatable bonds is 10. The Bertz CT molecular complexity index is 1160. The number of esters is 1. The number of aromatic nitrogens is 2. The van der Waals surface area contributed by atoms with Gasteiger partial charge in [0.25, 0.3) is 0 Å². The van der Waals surface area contributed by atoms with Gasteiger partial charge in [0.05, 0.1) is 30.4 Å². The number of carbonyl (C=O) groups is 1. The zero-order chi connectivity index (χ0) is 25.5. The van der Waals surface area contributed by atoms with Gasteiger partial charge in [-0.25, -0.2) is 31.9 Å². The number of ether oxygens (including phenoxy) is 1. The summed E-state index contributed by atoms with van der Waals surface area (Å²) in [5.41, 5.74) is 2.09. The fourth-order valence-corrected chi connectivity index (χ4v) is 3.35. The molecule has 1 N–H and O–H groups in total. The summed E-state index contributed by atoms with van der Waals surface area (Å²) < 4.78 is 43.5. The van der Waals surface area contributed by atoms with Crippen LogP contribution >= 0.6 is 0 Å². The molecule has 0 aliphatic rings. The lowest BCUT2D eigenvalue weighted by Gasteiger charge is -2.20. The first-order valence-electron chi connectivity index (χ1n) is 10.7. The first kappa shape index (κ1) is 27.1. The van der Waals surface area contributed by atoms with Gasteiger partial charge in [-0.15, -0.1) is 0 Å². The van der Waals surface area contributed by atoms with Crippen LogP contribution in [0.2, 0.25) is 0 Å². The largest absolute Gasteiger partial charge is 0.463 e. The number of hydrogen-bond acceptors (Lipinski definition) is 7. The molecule has 0 amide bonds. The SMILES string of the molecule is CCOC(=O)/C=C/C[C@H](O)/C=C/c1c(-c2ccc(F)cc2)nc(N(C)S(C)(=O)=O)nc1C(C)C. The van der Waals surface area contributed by atoms with E-state index in [1.165, 1.54) is 37.4 Å². The van der Waals surface area contributed by atoms with E-state index in [2.05, 4.69) is 9.97 Å². The second-order valence-corrected chi connectivity index (χ2v) is 9.89. The van der Waals surface area contributed by atoms with Gasteiger partial charge < -0.3 is 9.84 Å². The van der Waals surface area contributed by atoms with E-state index in [1.54, 1.807) is 25.1 Å². The zero-order valence-electron chi connectivity index (χ0n) is 19.9. The van der Waals surface area contributed by atoms with Crippen molar-refractivity contribution in [2.24, 2.45) is 0 Å². The Hall–Kier alpha value is -3.11. The molecular formula is C24H30FN3O5S. The third-order valence-electron chi connectivity index (χ3n) is 4.81. The molecule has 0 aliphatic heterocycles. The Balaban J connectivity index is 2.55. The summed E-state index contributed by atoms with van der Waals surface area (Å²) in [5, 5.41) is 10.4. The second kappa shape index (κ2) is 11.8. The highest BCUT2D eigenvalue weighted by Gasteiger charge is 2.22. The number of carbonyl (C=O) groups excluding carboxylic acids is 1. The van der Waals surface area contributed by atoms with E-state index in [9.17, 15) is 22.7 Å². The highest BCUT2D eigenvalue weighted by molar-refractivity contribution is 7.92. The Morgan fingerprint density at radius 1 is 1.24 bits per heavy atom. The van der Waals surface area contributed by atoms with Gasteiger partial charge in [0.15, 0.2) is 0 Å². The van der Waals surface area contributed by atoms with Crippen molar-refractivity contribution in [1.82, 2.24) is 9.97 Å². The van der Waals surface area contributed by atoms with Crippen molar-refractivity contribution in [3.63, 3.8) is 0 Å². The van der Waals surface area contributed by atoms with E-state index >= 15 is 0 Å². The Morgan fingerprint density at radius 2 is 1.88 bits per heavy atom. The van der Waals surface area contributed by atoms with Crippen molar-refractivity contribution >= 4 is 28.0 Å². The maximum absolute atomic E-state index is 13.5. The Kier molecular flexibility index (Phi) is 9.46. The number of sulfonamides is 1. The number of halogens is 1. The average Bonchev–Trinajstić information content (AvgIpc) is 2.76. The lowest BCUT2D eigenvalue weighted by Crippen LogP contribution is -2.27. The number of hydrogen-bond donors (Lipinski definition) is 1. The zero-order valence-corrected chi connectivity index (χ0v) is 20.7. The van der Waals surface area contributed by atoms with Gasteiger partial charge in [-0.2, -0.15) is 0 Å². The van der Waals surface area contributed by atoms with Crippen molar-refractivity contribution in [2.75, 3.05) is 24.2 Å². The van der Waals surface area contributed by atoms with E-state index in [4.69, 9.17) is 4.74 Å². The second-order valence-electron chi connectivity index (χ2n) is 7.88. The number of anilines is 1. The van der Waals surface area contributed by atoms with Crippen LogP contribution in [0.25, 0.3) is 17.3 Å². The molecule has 2 aromatic rings. The quantitative estimate of drug-likeness (QED) is 0.399. The molecule has 1 atom stereocenters. The number of aliphatic hydroxyl groups is 1. The Morgan fingerprint density at radius 3 is 2.44 bits per heavy atom. The highest BCUT2D eigenvalue weighted by atomic mass is 32.2. The molecule has 0 radical (unpaired) electrons. The summed E-state index contributed by atoms with van der Waals surface area (Å²) in [6.45, 7) is 5.77. The predicted octanol–water partition coefficient (Wildman–Crippen LogP) is 3.69. The lowest BCUT2D eigenvalue weighted by molar-refractivity contribution is -0.137. The number of aliphatic hydroxyl groups excluding tert-OH is 1. The van der Waals surface area contributed by atoms with Crippen LogP contribution < -0.4 is 4.31 Å². The third-order valence-corrected chi connectivity index (χ3v) is 5.97. The molecule has 0 saturated heterocycles. The maximum atomic E-state index is 13.5. The van der Waals surface area contributed by atoms with Crippen molar-refractivity contribution in [3.8, 4) is 11.3 Å². The molecule has 8 nitrogen and oxygen atoms in total. The van der Waals surface area contributed by atoms with E-state index in [-0.39, 0.29) is 24.9 Å². The standard InChI is InChI=1S/C24H30FN3O5S/c1-6-33-21(30)9-7-8-19(29)14-15-20-22(16(2)3)26-24(28(4)34(5,31)32)27-23(20)17-10-12-18(25)13-11-17/h7,9-16,19,29H,6,8H2,1-5H3/b9-7+,15-14+/t19-/m0/s1. The number of benzene rings is 1. The molecule has 1 aromatic heterocycles. The maximum Gasteiger partial charge on any atom is 0.330 e. The molecule has 1 aromatic carbocycles. The molecule has 0 aliphatic carbocycles. The molecule has 2 rings (SSSR count). The molecular weight excluding hydrogens is 461 g/mol. The van der Waals surface area contributed by atoms with Crippen LogP contribution in [-0.2, 0) is 19.6 Å². The Labute approximate surface area is 199 Å². The van der Waals surface area contributed by atoms with Crippen LogP contribution in [-0.4, -0.2) is 55.5 Å². The molecule has 0 spiro atoms. The molecule has 1 heterocycles. The monoisotopic (exact) mass is 491 g/mol. The smallest absolute Gasteiger partial charge is 0.330 e. The van der Waals surface area contributed by atoms with Crippen molar-refractivity contribution in [2.45, 2.75) is 39.2 Å². The third kappa shape index (κ3) is 7.46. The molecule has 0 saturated carbocycles. The summed E-state index contributed by atoms with van der Waals surface area (Å²) in [7, 11) is -2.26. The van der Waals surface area contributed by atoms with Crippen LogP contribution in [0.3, 0.4) is 0 Å². The topological polar surface area (TPSA) is 110 Å². The van der Waals surface area contributed by atoms with Crippen LogP contribution in [0.4, 0.5) is 10.3 Å². The van der Waals surface area contributed by atoms with Crippen LogP contribution in [0.5, 0.6) is 0 Å². The van der Waals surface area contributed by atoms with Gasteiger partial charge in [0.2, 0.25) is 16.0 Å². The fourth-order valence-electron chi connectivity index (χ4n) is 2.98. The van der Waals surface area contributed by atoms with Gasteiger partial charge in [-0.3, -0.25) is 0 Å². The van der Waals surface area contributed by atoms with Gasteiger partial charge in [0.1, 0.15) is 5.82 Å². The number of nitrogens with zero attached hydrogens (tertiary/aromatic N) is 3. The van der Waals surface area contributed by atoms with Crippen molar-refractivity contribution in [1.29, 1.82) is 0 Å². The van der Waals surface area contributed by atoms with Crippen LogP contribution in [0.1, 0.15) is 44.4 Å². The molecule has 0 bridgehead atoms. The predicted molar refractivity (Wildman–Crippen MR) is 130 cm³/mol. The minimum atomic E-state index is -3.62. The van der Waals surface area contributed by atoms with Gasteiger partial charge >= 0.3 is 5.97 Å². The summed E-state index contributed by atoms with van der Waals surface area (Å²) in [4.78, 5) is 20.4. The van der Waals surface area contributed by atoms with Gasteiger partial charge in [-0.05, 0) is 43.5 Å². The van der Waals surface area contributed by atoms with Gasteiger partial charge in [-0.1, -0.05) is 32.1 Å². The van der Waals surface area contributed by atoms with Crippen molar-refractivity contribution in [3.05, 3.63) is 59.6 Å². The van der Waals surface area contributed by atoms with Crippen molar-refractivity contribution < 1.29 is 27.4 Å². The summed E-state index contributed by atoms with van der Waals surface area (Å²) in [5.74, 6) is -1.04. The van der Waals surface area contributed by atoms with E-state index in [0.29, 0.717) is 22.5 Å². The minimum Gasteiger partial charge on any atom is -0.463 e. The minimum absolute atomic E-state index is 0.0133. The highest BCUT2D eigenvalue weighted by Crippen LogP contribution is 2.31. The molecule has 184 valence electrons. The van der Waals surface area contributed by atoms with E-state index in [0.717, 1.165) is 10.6 Å². The van der Waals surface area contributed by atoms with Gasteiger partial charge in [0, 0.05) is 24.3 Å². The van der Waals surface area contributed by atoms with Crippen LogP contribution in [0.15, 0.2) is 42.5 Å². The fraction of sp³-hybridized carbons (Fsp3) is 0.375. The molecule has 34 heavy (non-hydrogen) atoms. The normalized spacial score (nSPS) is 13.1. The van der Waals surface area contributed by atoms with Crippen LogP contribution in [0, 0.1) is 5.82 Å². The van der Waals surface area contributed by atoms with E-state index < -0.39 is 27.9 Å². The average molecular weight is 492 g/mol. The summed E-state index contributed by atoms with van der Waals surface area (Å²) in [6, 6.07) is 5.66. The lowest BCUT2D eigenvalue weighted by atomic mass is 9.97. The van der Waals surface area contributed by atoms with E-state index in [1.807, 2.05) is 13.8 Å². The molecule has 10 heteroatoms. The summed E-state index contributed by atoms with van der Waals surface area (Å²) in [6.07, 6.45) is 6.27. The summed E-state index contributed by atoms with van der Waals surface area (Å²) >= 11 is 0. The molecule has 0 unspecified atom stereocenters. The first-order chi connectivity index (χ1) is 15.9.